The number of quaternary nitrogens is 1. The fourth-order valence-electron chi connectivity index (χ4n) is 3.81. The molecule has 0 saturated carbocycles. The van der Waals surface area contributed by atoms with Crippen LogP contribution in [0.2, 0.25) is 0 Å². The van der Waals surface area contributed by atoms with Crippen LogP contribution in [0.3, 0.4) is 0 Å². The summed E-state index contributed by atoms with van der Waals surface area (Å²) in [6.45, 7) is 7.36. The Morgan fingerprint density at radius 2 is 0.615 bits per heavy atom. The van der Waals surface area contributed by atoms with E-state index in [0.717, 1.165) is 0 Å². The Morgan fingerprint density at radius 3 is 0.885 bits per heavy atom. The summed E-state index contributed by atoms with van der Waals surface area (Å²) in [5, 5.41) is 0. The maximum atomic E-state index is 2.44. The molecule has 0 radical (unpaired) electrons. The van der Waals surface area contributed by atoms with Crippen molar-refractivity contribution in [3.8, 4) is 0 Å². The summed E-state index contributed by atoms with van der Waals surface area (Å²) in [7, 11) is 4.88. The van der Waals surface area contributed by atoms with Gasteiger partial charge in [-0.25, -0.2) is 0 Å². The van der Waals surface area contributed by atoms with Crippen molar-refractivity contribution in [3.63, 3.8) is 0 Å². The van der Waals surface area contributed by atoms with Crippen molar-refractivity contribution >= 4 is 0 Å². The molecule has 0 atom stereocenters. The SMILES string of the molecule is CCCCCCCCCCC[N+](C)(C)CCCCCCCCCCC.[Br-]. The Bertz CT molecular complexity index is 229. The quantitative estimate of drug-likeness (QED) is 0.184. The molecule has 0 heterocycles. The fourth-order valence-corrected chi connectivity index (χ4v) is 3.81. The van der Waals surface area contributed by atoms with Gasteiger partial charge in [-0.15, -0.1) is 0 Å². The Kier molecular flexibility index (Phi) is 24.0. The van der Waals surface area contributed by atoms with Crippen LogP contribution < -0.4 is 17.0 Å². The topological polar surface area (TPSA) is 0 Å². The van der Waals surface area contributed by atoms with E-state index in [2.05, 4.69) is 27.9 Å². The molecule has 0 fully saturated rings. The molecule has 0 aromatic rings. The van der Waals surface area contributed by atoms with Gasteiger partial charge in [-0.05, 0) is 25.7 Å². The second-order valence-corrected chi connectivity index (χ2v) is 9.04. The Morgan fingerprint density at radius 1 is 0.385 bits per heavy atom. The van der Waals surface area contributed by atoms with Gasteiger partial charge in [0.1, 0.15) is 0 Å². The molecule has 0 aliphatic rings. The van der Waals surface area contributed by atoms with Gasteiger partial charge in [-0.1, -0.05) is 104 Å². The maximum Gasteiger partial charge on any atom is 0.0782 e. The first-order valence-corrected chi connectivity index (χ1v) is 11.9. The van der Waals surface area contributed by atoms with E-state index in [0.29, 0.717) is 0 Å². The minimum Gasteiger partial charge on any atom is -1.00 e. The zero-order valence-electron chi connectivity index (χ0n) is 19.0. The molecule has 1 nitrogen and oxygen atoms in total. The number of unbranched alkanes of at least 4 members (excludes halogenated alkanes) is 16. The third-order valence-corrected chi connectivity index (χ3v) is 5.73. The normalized spacial score (nSPS) is 11.5. The summed E-state index contributed by atoms with van der Waals surface area (Å²) in [5.41, 5.74) is 0. The molecule has 0 aromatic heterocycles. The Labute approximate surface area is 178 Å². The molecule has 0 bridgehead atoms. The number of hydrogen-bond donors (Lipinski definition) is 0. The zero-order valence-corrected chi connectivity index (χ0v) is 20.6. The molecule has 0 aromatic carbocycles. The van der Waals surface area contributed by atoms with Crippen molar-refractivity contribution in [2.24, 2.45) is 0 Å². The lowest BCUT2D eigenvalue weighted by Crippen LogP contribution is -3.00. The largest absolute Gasteiger partial charge is 1.00 e. The Hall–Kier alpha value is 0.440. The number of rotatable bonds is 20. The molecule has 26 heavy (non-hydrogen) atoms. The number of hydrogen-bond acceptors (Lipinski definition) is 0. The predicted molar refractivity (Wildman–Crippen MR) is 116 cm³/mol. The van der Waals surface area contributed by atoms with Gasteiger partial charge in [-0.3, -0.25) is 0 Å². The van der Waals surface area contributed by atoms with E-state index < -0.39 is 0 Å². The molecule has 2 heteroatoms. The Balaban J connectivity index is 0. The van der Waals surface area contributed by atoms with E-state index in [1.807, 2.05) is 0 Å². The molecule has 160 valence electrons. The molecular formula is C24H52BrN. The summed E-state index contributed by atoms with van der Waals surface area (Å²) < 4.78 is 1.24. The van der Waals surface area contributed by atoms with E-state index in [1.165, 1.54) is 133 Å². The third kappa shape index (κ3) is 22.5. The number of halogens is 1. The monoisotopic (exact) mass is 433 g/mol. The molecule has 0 spiro atoms. The maximum absolute atomic E-state index is 2.44. The zero-order chi connectivity index (χ0) is 18.6. The molecule has 0 unspecified atom stereocenters. The lowest BCUT2D eigenvalue weighted by molar-refractivity contribution is -0.890. The van der Waals surface area contributed by atoms with Crippen molar-refractivity contribution in [3.05, 3.63) is 0 Å². The molecule has 0 saturated heterocycles. The second kappa shape index (κ2) is 21.7. The van der Waals surface area contributed by atoms with Gasteiger partial charge >= 0.3 is 0 Å². The van der Waals surface area contributed by atoms with Crippen molar-refractivity contribution < 1.29 is 21.5 Å². The molecule has 0 rings (SSSR count). The van der Waals surface area contributed by atoms with Gasteiger partial charge in [0, 0.05) is 0 Å². The van der Waals surface area contributed by atoms with Crippen LogP contribution in [0.15, 0.2) is 0 Å². The van der Waals surface area contributed by atoms with Crippen LogP contribution in [0.4, 0.5) is 0 Å². The van der Waals surface area contributed by atoms with Crippen LogP contribution in [0.5, 0.6) is 0 Å². The second-order valence-electron chi connectivity index (χ2n) is 9.04. The van der Waals surface area contributed by atoms with E-state index in [1.54, 1.807) is 0 Å². The average molecular weight is 435 g/mol. The van der Waals surface area contributed by atoms with Gasteiger partial charge in [0.25, 0.3) is 0 Å². The van der Waals surface area contributed by atoms with E-state index in [9.17, 15) is 0 Å². The summed E-state index contributed by atoms with van der Waals surface area (Å²) in [6, 6.07) is 0. The molecule has 0 N–H and O–H groups in total. The summed E-state index contributed by atoms with van der Waals surface area (Å²) in [6.07, 6.45) is 26.0. The van der Waals surface area contributed by atoms with Crippen LogP contribution in [0, 0.1) is 0 Å². The van der Waals surface area contributed by atoms with Crippen LogP contribution in [0.25, 0.3) is 0 Å². The van der Waals surface area contributed by atoms with Crippen LogP contribution in [-0.4, -0.2) is 31.7 Å². The molecular weight excluding hydrogens is 382 g/mol. The summed E-state index contributed by atoms with van der Waals surface area (Å²) >= 11 is 0. The standard InChI is InChI=1S/C24H52N.BrH/c1-5-7-9-11-13-15-17-19-21-23-25(3,4)24-22-20-18-16-14-12-10-8-6-2;/h5-24H2,1-4H3;1H/q+1;/p-1. The first-order valence-electron chi connectivity index (χ1n) is 11.9. The molecule has 0 aliphatic heterocycles. The van der Waals surface area contributed by atoms with Crippen LogP contribution in [-0.2, 0) is 0 Å². The number of nitrogens with zero attached hydrogens (tertiary/aromatic N) is 1. The highest BCUT2D eigenvalue weighted by atomic mass is 79.9. The van der Waals surface area contributed by atoms with E-state index in [4.69, 9.17) is 0 Å². The van der Waals surface area contributed by atoms with E-state index in [-0.39, 0.29) is 17.0 Å². The van der Waals surface area contributed by atoms with Gasteiger partial charge in [-0.2, -0.15) is 0 Å². The van der Waals surface area contributed by atoms with Gasteiger partial charge in [0.05, 0.1) is 27.2 Å². The van der Waals surface area contributed by atoms with Crippen molar-refractivity contribution in [2.45, 2.75) is 129 Å². The highest BCUT2D eigenvalue weighted by Crippen LogP contribution is 2.13. The minimum atomic E-state index is 0. The van der Waals surface area contributed by atoms with Crippen LogP contribution in [0.1, 0.15) is 129 Å². The van der Waals surface area contributed by atoms with Gasteiger partial charge < -0.3 is 21.5 Å². The highest BCUT2D eigenvalue weighted by Gasteiger charge is 2.13. The first-order chi connectivity index (χ1) is 12.1. The molecule has 0 amide bonds. The lowest BCUT2D eigenvalue weighted by Gasteiger charge is -2.30. The lowest BCUT2D eigenvalue weighted by atomic mass is 10.1. The first kappa shape index (κ1) is 28.6. The smallest absolute Gasteiger partial charge is 0.0782 e. The minimum absolute atomic E-state index is 0. The summed E-state index contributed by atoms with van der Waals surface area (Å²) in [4.78, 5) is 0. The van der Waals surface area contributed by atoms with Gasteiger partial charge in [0.15, 0.2) is 0 Å². The highest BCUT2D eigenvalue weighted by molar-refractivity contribution is 4.49. The average Bonchev–Trinajstić information content (AvgIpc) is 2.59. The van der Waals surface area contributed by atoms with Crippen molar-refractivity contribution in [1.29, 1.82) is 0 Å². The third-order valence-electron chi connectivity index (χ3n) is 5.73. The summed E-state index contributed by atoms with van der Waals surface area (Å²) in [5.74, 6) is 0. The predicted octanol–water partition coefficient (Wildman–Crippen LogP) is 5.13. The van der Waals surface area contributed by atoms with Crippen molar-refractivity contribution in [1.82, 2.24) is 0 Å². The van der Waals surface area contributed by atoms with Crippen molar-refractivity contribution in [2.75, 3.05) is 27.2 Å². The fraction of sp³-hybridized carbons (Fsp3) is 1.00. The van der Waals surface area contributed by atoms with Crippen LogP contribution >= 0.6 is 0 Å². The van der Waals surface area contributed by atoms with Gasteiger partial charge in [0.2, 0.25) is 0 Å². The van der Waals surface area contributed by atoms with E-state index >= 15 is 0 Å². The molecule has 0 aliphatic carbocycles.